The van der Waals surface area contributed by atoms with E-state index in [2.05, 4.69) is 10.6 Å². The Labute approximate surface area is 108 Å². The molecule has 3 amide bonds. The average Bonchev–Trinajstić information content (AvgIpc) is 2.32. The van der Waals surface area contributed by atoms with Crippen LogP contribution in [0.25, 0.3) is 0 Å². The predicted molar refractivity (Wildman–Crippen MR) is 68.1 cm³/mol. The van der Waals surface area contributed by atoms with Crippen LogP contribution in [0.1, 0.15) is 32.6 Å². The Bertz CT molecular complexity index is 282. The number of carbonyl (C=O) groups is 2. The second-order valence-electron chi connectivity index (χ2n) is 4.54. The fraction of sp³-hybridized carbons (Fsp3) is 0.833. The second kappa shape index (κ2) is 8.05. The Morgan fingerprint density at radius 2 is 2.17 bits per heavy atom. The molecule has 1 aliphatic rings. The molecular weight excluding hydrogens is 234 g/mol. The van der Waals surface area contributed by atoms with Crippen molar-refractivity contribution in [3.63, 3.8) is 0 Å². The summed E-state index contributed by atoms with van der Waals surface area (Å²) in [5.41, 5.74) is 0. The minimum absolute atomic E-state index is 0.138. The van der Waals surface area contributed by atoms with Crippen molar-refractivity contribution in [3.05, 3.63) is 0 Å². The van der Waals surface area contributed by atoms with Crippen LogP contribution < -0.4 is 10.6 Å². The van der Waals surface area contributed by atoms with E-state index in [0.29, 0.717) is 13.0 Å². The highest BCUT2D eigenvalue weighted by Gasteiger charge is 2.24. The van der Waals surface area contributed by atoms with E-state index in [9.17, 15) is 9.59 Å². The van der Waals surface area contributed by atoms with Crippen LogP contribution in [0.5, 0.6) is 0 Å². The minimum atomic E-state index is -0.446. The fourth-order valence-corrected chi connectivity index (χ4v) is 2.30. The number of hydrogen-bond donors (Lipinski definition) is 3. The minimum Gasteiger partial charge on any atom is -0.396 e. The van der Waals surface area contributed by atoms with Gasteiger partial charge in [0, 0.05) is 19.2 Å². The maximum atomic E-state index is 11.7. The molecule has 3 N–H and O–H groups in total. The van der Waals surface area contributed by atoms with Gasteiger partial charge < -0.3 is 10.4 Å². The molecule has 1 heterocycles. The summed E-state index contributed by atoms with van der Waals surface area (Å²) in [6.45, 7) is 3.51. The number of imide groups is 1. The lowest BCUT2D eigenvalue weighted by atomic mass is 10.00. The smallest absolute Gasteiger partial charge is 0.321 e. The zero-order chi connectivity index (χ0) is 13.4. The molecule has 1 fully saturated rings. The van der Waals surface area contributed by atoms with Gasteiger partial charge in [0.15, 0.2) is 0 Å². The third-order valence-corrected chi connectivity index (χ3v) is 3.15. The maximum Gasteiger partial charge on any atom is 0.321 e. The number of rotatable bonds is 5. The van der Waals surface area contributed by atoms with Crippen LogP contribution in [-0.4, -0.2) is 54.2 Å². The van der Waals surface area contributed by atoms with Crippen molar-refractivity contribution in [1.29, 1.82) is 0 Å². The number of hydrogen-bond acceptors (Lipinski definition) is 4. The molecular formula is C12H23N3O3. The summed E-state index contributed by atoms with van der Waals surface area (Å²) in [5.74, 6) is -0.286. The molecule has 0 spiro atoms. The van der Waals surface area contributed by atoms with Crippen LogP contribution in [0.2, 0.25) is 0 Å². The highest BCUT2D eigenvalue weighted by Crippen LogP contribution is 2.18. The lowest BCUT2D eigenvalue weighted by Crippen LogP contribution is -2.48. The Balaban J connectivity index is 2.38. The molecule has 18 heavy (non-hydrogen) atoms. The molecule has 0 aromatic rings. The van der Waals surface area contributed by atoms with Crippen molar-refractivity contribution in [2.75, 3.05) is 26.2 Å². The van der Waals surface area contributed by atoms with E-state index in [1.165, 1.54) is 0 Å². The molecule has 104 valence electrons. The SMILES string of the molecule is CCNC(=O)NC(=O)CN1CCCCC1CCO. The van der Waals surface area contributed by atoms with Gasteiger partial charge in [-0.15, -0.1) is 0 Å². The van der Waals surface area contributed by atoms with E-state index in [-0.39, 0.29) is 25.1 Å². The van der Waals surface area contributed by atoms with Crippen molar-refractivity contribution < 1.29 is 14.7 Å². The molecule has 6 heteroatoms. The molecule has 1 atom stereocenters. The highest BCUT2D eigenvalue weighted by atomic mass is 16.3. The van der Waals surface area contributed by atoms with Crippen LogP contribution >= 0.6 is 0 Å². The fourth-order valence-electron chi connectivity index (χ4n) is 2.30. The number of nitrogens with zero attached hydrogens (tertiary/aromatic N) is 1. The predicted octanol–water partition coefficient (Wildman–Crippen LogP) is 0.0690. The Morgan fingerprint density at radius 3 is 2.83 bits per heavy atom. The largest absolute Gasteiger partial charge is 0.396 e. The molecule has 0 aromatic carbocycles. The molecule has 1 rings (SSSR count). The summed E-state index contributed by atoms with van der Waals surface area (Å²) in [5, 5.41) is 13.8. The number of aliphatic hydroxyl groups is 1. The third kappa shape index (κ3) is 5.01. The molecule has 1 unspecified atom stereocenters. The number of piperidine rings is 1. The van der Waals surface area contributed by atoms with E-state index in [1.54, 1.807) is 6.92 Å². The Hall–Kier alpha value is -1.14. The Morgan fingerprint density at radius 1 is 1.39 bits per heavy atom. The normalized spacial score (nSPS) is 20.4. The molecule has 0 aromatic heterocycles. The summed E-state index contributed by atoms with van der Waals surface area (Å²) in [4.78, 5) is 24.9. The van der Waals surface area contributed by atoms with E-state index in [0.717, 1.165) is 25.8 Å². The summed E-state index contributed by atoms with van der Waals surface area (Å²) >= 11 is 0. The van der Waals surface area contributed by atoms with Crippen molar-refractivity contribution in [2.24, 2.45) is 0 Å². The van der Waals surface area contributed by atoms with Gasteiger partial charge in [0.2, 0.25) is 5.91 Å². The van der Waals surface area contributed by atoms with Gasteiger partial charge >= 0.3 is 6.03 Å². The summed E-state index contributed by atoms with van der Waals surface area (Å²) in [6, 6.07) is -0.193. The first-order valence-electron chi connectivity index (χ1n) is 6.60. The van der Waals surface area contributed by atoms with Gasteiger partial charge in [0.05, 0.1) is 6.54 Å². The van der Waals surface area contributed by atoms with Gasteiger partial charge in [-0.05, 0) is 32.7 Å². The maximum absolute atomic E-state index is 11.7. The first-order valence-corrected chi connectivity index (χ1v) is 6.60. The molecule has 6 nitrogen and oxygen atoms in total. The summed E-state index contributed by atoms with van der Waals surface area (Å²) < 4.78 is 0. The standard InChI is InChI=1S/C12H23N3O3/c1-2-13-12(18)14-11(17)9-15-7-4-3-5-10(15)6-8-16/h10,16H,2-9H2,1H3,(H2,13,14,17,18). The lowest BCUT2D eigenvalue weighted by molar-refractivity contribution is -0.122. The van der Waals surface area contributed by atoms with Crippen LogP contribution in [0.15, 0.2) is 0 Å². The first-order chi connectivity index (χ1) is 8.67. The van der Waals surface area contributed by atoms with E-state index in [1.807, 2.05) is 4.90 Å². The van der Waals surface area contributed by atoms with Crippen LogP contribution in [0.3, 0.4) is 0 Å². The Kier molecular flexibility index (Phi) is 6.67. The summed E-state index contributed by atoms with van der Waals surface area (Å²) in [6.07, 6.45) is 3.90. The van der Waals surface area contributed by atoms with E-state index in [4.69, 9.17) is 5.11 Å². The number of likely N-dealkylation sites (tertiary alicyclic amines) is 1. The van der Waals surface area contributed by atoms with Crippen molar-refractivity contribution in [1.82, 2.24) is 15.5 Å². The van der Waals surface area contributed by atoms with Crippen molar-refractivity contribution in [2.45, 2.75) is 38.6 Å². The molecule has 1 saturated heterocycles. The quantitative estimate of drug-likeness (QED) is 0.651. The second-order valence-corrected chi connectivity index (χ2v) is 4.54. The van der Waals surface area contributed by atoms with E-state index < -0.39 is 6.03 Å². The number of carbonyl (C=O) groups excluding carboxylic acids is 2. The van der Waals surface area contributed by atoms with Gasteiger partial charge in [-0.1, -0.05) is 6.42 Å². The van der Waals surface area contributed by atoms with Crippen molar-refractivity contribution in [3.8, 4) is 0 Å². The average molecular weight is 257 g/mol. The van der Waals surface area contributed by atoms with Gasteiger partial charge in [-0.2, -0.15) is 0 Å². The van der Waals surface area contributed by atoms with Gasteiger partial charge in [0.1, 0.15) is 0 Å². The van der Waals surface area contributed by atoms with Crippen LogP contribution in [0.4, 0.5) is 4.79 Å². The number of urea groups is 1. The molecule has 1 aliphatic heterocycles. The highest BCUT2D eigenvalue weighted by molar-refractivity contribution is 5.95. The molecule has 0 aliphatic carbocycles. The van der Waals surface area contributed by atoms with Crippen LogP contribution in [-0.2, 0) is 4.79 Å². The molecule has 0 bridgehead atoms. The number of nitrogens with one attached hydrogen (secondary N) is 2. The molecule has 0 radical (unpaired) electrons. The van der Waals surface area contributed by atoms with E-state index >= 15 is 0 Å². The number of aliphatic hydroxyl groups excluding tert-OH is 1. The summed E-state index contributed by atoms with van der Waals surface area (Å²) in [7, 11) is 0. The lowest BCUT2D eigenvalue weighted by Gasteiger charge is -2.34. The van der Waals surface area contributed by atoms with Crippen molar-refractivity contribution >= 4 is 11.9 Å². The monoisotopic (exact) mass is 257 g/mol. The topological polar surface area (TPSA) is 81.7 Å². The van der Waals surface area contributed by atoms with Crippen LogP contribution in [0, 0.1) is 0 Å². The van der Waals surface area contributed by atoms with Gasteiger partial charge in [-0.3, -0.25) is 15.0 Å². The third-order valence-electron chi connectivity index (χ3n) is 3.15. The number of amides is 3. The van der Waals surface area contributed by atoms with Gasteiger partial charge in [0.25, 0.3) is 0 Å². The molecule has 0 saturated carbocycles. The first kappa shape index (κ1) is 14.9. The van der Waals surface area contributed by atoms with Gasteiger partial charge in [-0.25, -0.2) is 4.79 Å². The zero-order valence-electron chi connectivity index (χ0n) is 10.9. The zero-order valence-corrected chi connectivity index (χ0v) is 10.9.